The van der Waals surface area contributed by atoms with Crippen molar-refractivity contribution in [3.8, 4) is 0 Å². The summed E-state index contributed by atoms with van der Waals surface area (Å²) in [6.45, 7) is 0. The standard InChI is InChI=1S/C12H18IN3O/c1-16(8-10(13)7-15-16)11(6-12(14)17)9-4-2-3-5-9/h7-9,11H,2-6H2,1H3,(H-,14,17)/p+1/t11-,16?/m1/s1. The van der Waals surface area contributed by atoms with Gasteiger partial charge in [-0.15, -0.1) is 0 Å². The zero-order chi connectivity index (χ0) is 12.5. The van der Waals surface area contributed by atoms with Gasteiger partial charge in [0.05, 0.1) is 17.0 Å². The topological polar surface area (TPSA) is 55.5 Å². The summed E-state index contributed by atoms with van der Waals surface area (Å²) in [5.41, 5.74) is 5.40. The Hall–Kier alpha value is -0.430. The summed E-state index contributed by atoms with van der Waals surface area (Å²) in [7, 11) is 2.06. The normalized spacial score (nSPS) is 30.6. The van der Waals surface area contributed by atoms with E-state index in [-0.39, 0.29) is 11.9 Å². The first-order valence-electron chi connectivity index (χ1n) is 6.09. The summed E-state index contributed by atoms with van der Waals surface area (Å²) in [6.07, 6.45) is 9.36. The molecule has 0 spiro atoms. The van der Waals surface area contributed by atoms with Crippen LogP contribution >= 0.6 is 22.6 Å². The molecule has 4 nitrogen and oxygen atoms in total. The minimum atomic E-state index is -0.216. The van der Waals surface area contributed by atoms with Gasteiger partial charge in [0.25, 0.3) is 0 Å². The Kier molecular flexibility index (Phi) is 3.87. The number of allylic oxidation sites excluding steroid dienone is 1. The number of hydrogen-bond donors (Lipinski definition) is 1. The molecule has 94 valence electrons. The largest absolute Gasteiger partial charge is 0.369 e. The number of hydrogen-bond acceptors (Lipinski definition) is 2. The Bertz CT molecular complexity index is 374. The fourth-order valence-corrected chi connectivity index (χ4v) is 3.69. The fourth-order valence-electron chi connectivity index (χ4n) is 3.00. The lowest BCUT2D eigenvalue weighted by Gasteiger charge is -2.33. The van der Waals surface area contributed by atoms with Crippen LogP contribution in [0.3, 0.4) is 0 Å². The molecule has 0 aromatic heterocycles. The van der Waals surface area contributed by atoms with Crippen molar-refractivity contribution < 1.29 is 9.39 Å². The van der Waals surface area contributed by atoms with Crippen molar-refractivity contribution in [2.45, 2.75) is 38.1 Å². The average Bonchev–Trinajstić information content (AvgIpc) is 2.85. The molecule has 1 heterocycles. The average molecular weight is 348 g/mol. The van der Waals surface area contributed by atoms with Crippen molar-refractivity contribution in [3.63, 3.8) is 0 Å². The Morgan fingerprint density at radius 1 is 1.65 bits per heavy atom. The lowest BCUT2D eigenvalue weighted by molar-refractivity contribution is -0.893. The molecule has 2 N–H and O–H groups in total. The molecule has 1 amide bonds. The Morgan fingerprint density at radius 3 is 2.76 bits per heavy atom. The van der Waals surface area contributed by atoms with Crippen LogP contribution < -0.4 is 5.73 Å². The molecule has 5 heteroatoms. The first-order valence-corrected chi connectivity index (χ1v) is 7.17. The van der Waals surface area contributed by atoms with Crippen LogP contribution in [0.1, 0.15) is 32.1 Å². The Labute approximate surface area is 116 Å². The molecule has 0 aromatic rings. The van der Waals surface area contributed by atoms with E-state index in [1.54, 1.807) is 0 Å². The number of carbonyl (C=O) groups is 1. The smallest absolute Gasteiger partial charge is 0.223 e. The van der Waals surface area contributed by atoms with Gasteiger partial charge in [0.15, 0.2) is 0 Å². The molecule has 0 aromatic carbocycles. The third-order valence-electron chi connectivity index (χ3n) is 3.84. The molecular weight excluding hydrogens is 329 g/mol. The van der Waals surface area contributed by atoms with Crippen LogP contribution in [-0.2, 0) is 4.79 Å². The fraction of sp³-hybridized carbons (Fsp3) is 0.667. The Balaban J connectivity index is 2.20. The van der Waals surface area contributed by atoms with Crippen molar-refractivity contribution in [2.75, 3.05) is 7.05 Å². The lowest BCUT2D eigenvalue weighted by atomic mass is 9.93. The summed E-state index contributed by atoms with van der Waals surface area (Å²) in [5, 5.41) is 4.55. The van der Waals surface area contributed by atoms with Gasteiger partial charge in [-0.1, -0.05) is 17.9 Å². The number of nitrogens with zero attached hydrogens (tertiary/aromatic N) is 2. The minimum Gasteiger partial charge on any atom is -0.369 e. The molecule has 1 fully saturated rings. The molecule has 1 aliphatic heterocycles. The van der Waals surface area contributed by atoms with E-state index in [1.165, 1.54) is 25.7 Å². The number of nitrogens with two attached hydrogens (primary N) is 1. The van der Waals surface area contributed by atoms with Crippen molar-refractivity contribution in [3.05, 3.63) is 9.78 Å². The summed E-state index contributed by atoms with van der Waals surface area (Å²) in [5.74, 6) is 0.356. The zero-order valence-corrected chi connectivity index (χ0v) is 12.3. The quantitative estimate of drug-likeness (QED) is 0.614. The molecule has 0 saturated heterocycles. The van der Waals surface area contributed by atoms with Crippen LogP contribution in [-0.4, -0.2) is 29.8 Å². The number of quaternary nitrogens is 1. The predicted octanol–water partition coefficient (Wildman–Crippen LogP) is 2.14. The van der Waals surface area contributed by atoms with Crippen molar-refractivity contribution in [2.24, 2.45) is 16.8 Å². The zero-order valence-electron chi connectivity index (χ0n) is 10.1. The van der Waals surface area contributed by atoms with E-state index in [2.05, 4.69) is 40.9 Å². The van der Waals surface area contributed by atoms with Gasteiger partial charge in [0.1, 0.15) is 18.5 Å². The Morgan fingerprint density at radius 2 is 2.29 bits per heavy atom. The van der Waals surface area contributed by atoms with E-state index in [4.69, 9.17) is 5.73 Å². The molecule has 17 heavy (non-hydrogen) atoms. The van der Waals surface area contributed by atoms with Gasteiger partial charge in [-0.25, -0.2) is 0 Å². The van der Waals surface area contributed by atoms with Gasteiger partial charge in [-0.2, -0.15) is 4.59 Å². The lowest BCUT2D eigenvalue weighted by Crippen LogP contribution is -2.48. The second-order valence-corrected chi connectivity index (χ2v) is 6.38. The second-order valence-electron chi connectivity index (χ2n) is 5.14. The van der Waals surface area contributed by atoms with Gasteiger partial charge in [0, 0.05) is 5.92 Å². The highest BCUT2D eigenvalue weighted by Gasteiger charge is 2.42. The van der Waals surface area contributed by atoms with Crippen LogP contribution in [0.25, 0.3) is 0 Å². The van der Waals surface area contributed by atoms with Crippen LogP contribution in [0, 0.1) is 5.92 Å². The van der Waals surface area contributed by atoms with E-state index in [0.717, 1.165) is 3.58 Å². The molecule has 2 rings (SSSR count). The van der Waals surface area contributed by atoms with E-state index in [9.17, 15) is 4.79 Å². The van der Waals surface area contributed by atoms with Crippen LogP contribution in [0.4, 0.5) is 0 Å². The third-order valence-corrected chi connectivity index (χ3v) is 4.40. The number of halogens is 1. The summed E-state index contributed by atoms with van der Waals surface area (Å²) >= 11 is 2.27. The van der Waals surface area contributed by atoms with Gasteiger partial charge < -0.3 is 5.73 Å². The molecule has 1 unspecified atom stereocenters. The molecule has 0 radical (unpaired) electrons. The minimum absolute atomic E-state index is 0.207. The first-order chi connectivity index (χ1) is 8.01. The van der Waals surface area contributed by atoms with E-state index < -0.39 is 0 Å². The number of rotatable bonds is 4. The van der Waals surface area contributed by atoms with Crippen molar-refractivity contribution in [1.29, 1.82) is 0 Å². The van der Waals surface area contributed by atoms with Gasteiger partial charge in [0.2, 0.25) is 5.91 Å². The van der Waals surface area contributed by atoms with E-state index in [1.807, 2.05) is 6.21 Å². The van der Waals surface area contributed by atoms with Crippen molar-refractivity contribution in [1.82, 2.24) is 0 Å². The summed E-state index contributed by atoms with van der Waals surface area (Å²) < 4.78 is 1.63. The number of carbonyl (C=O) groups excluding carboxylic acids is 1. The second kappa shape index (κ2) is 5.06. The van der Waals surface area contributed by atoms with Gasteiger partial charge in [-0.05, 0) is 35.4 Å². The molecule has 2 atom stereocenters. The van der Waals surface area contributed by atoms with E-state index in [0.29, 0.717) is 16.9 Å². The maximum atomic E-state index is 11.3. The monoisotopic (exact) mass is 348 g/mol. The molecule has 1 saturated carbocycles. The van der Waals surface area contributed by atoms with Gasteiger partial charge >= 0.3 is 0 Å². The summed E-state index contributed by atoms with van der Waals surface area (Å²) in [6, 6.07) is 0.207. The van der Waals surface area contributed by atoms with Crippen LogP contribution in [0.5, 0.6) is 0 Å². The van der Waals surface area contributed by atoms with E-state index >= 15 is 0 Å². The number of primary amides is 1. The first kappa shape index (κ1) is 13.0. The maximum absolute atomic E-state index is 11.3. The highest BCUT2D eigenvalue weighted by atomic mass is 127. The van der Waals surface area contributed by atoms with Gasteiger partial charge in [-0.3, -0.25) is 4.79 Å². The van der Waals surface area contributed by atoms with Crippen LogP contribution in [0.2, 0.25) is 0 Å². The molecule has 1 aliphatic carbocycles. The van der Waals surface area contributed by atoms with Crippen LogP contribution in [0.15, 0.2) is 14.9 Å². The molecule has 0 bridgehead atoms. The molecule has 2 aliphatic rings. The predicted molar refractivity (Wildman–Crippen MR) is 76.3 cm³/mol. The molecular formula is C12H19IN3O+. The highest BCUT2D eigenvalue weighted by Crippen LogP contribution is 2.37. The SMILES string of the molecule is C[N+]1([C@H](CC(N)=O)C2CCCC2)C=C(I)C=N1. The summed E-state index contributed by atoms with van der Waals surface area (Å²) in [4.78, 5) is 11.3. The third kappa shape index (κ3) is 2.88. The number of amides is 1. The van der Waals surface area contributed by atoms with Crippen molar-refractivity contribution >= 4 is 34.7 Å². The highest BCUT2D eigenvalue weighted by molar-refractivity contribution is 14.1. The maximum Gasteiger partial charge on any atom is 0.223 e.